The number of fused-ring (bicyclic) bond motifs is 1. The summed E-state index contributed by atoms with van der Waals surface area (Å²) in [6, 6.07) is 10.6. The van der Waals surface area contributed by atoms with Gasteiger partial charge in [0.25, 0.3) is 0 Å². The Bertz CT molecular complexity index is 611. The molecule has 1 aliphatic rings. The number of hydrogen-bond acceptors (Lipinski definition) is 4. The number of anilines is 1. The topological polar surface area (TPSA) is 56.6 Å². The summed E-state index contributed by atoms with van der Waals surface area (Å²) in [5.41, 5.74) is 2.77. The lowest BCUT2D eigenvalue weighted by Gasteiger charge is -2.40. The summed E-state index contributed by atoms with van der Waals surface area (Å²) in [5.74, 6) is 0. The maximum absolute atomic E-state index is 9.47. The molecule has 4 heteroatoms. The number of hydrogen-bond donors (Lipinski definition) is 2. The van der Waals surface area contributed by atoms with Crippen LogP contribution in [0.4, 0.5) is 5.69 Å². The van der Waals surface area contributed by atoms with Gasteiger partial charge in [-0.1, -0.05) is 18.2 Å². The number of aliphatic hydroxyl groups is 2. The minimum atomic E-state index is -0.0453. The average molecular weight is 286 g/mol. The molecule has 0 aliphatic heterocycles. The van der Waals surface area contributed by atoms with Crippen molar-refractivity contribution in [2.75, 3.05) is 18.1 Å². The fourth-order valence-corrected chi connectivity index (χ4v) is 2.97. The van der Waals surface area contributed by atoms with Gasteiger partial charge in [0.2, 0.25) is 0 Å². The van der Waals surface area contributed by atoms with E-state index in [4.69, 9.17) is 5.11 Å². The second-order valence-corrected chi connectivity index (χ2v) is 5.66. The quantitative estimate of drug-likeness (QED) is 0.856. The van der Waals surface area contributed by atoms with Gasteiger partial charge in [0.1, 0.15) is 0 Å². The van der Waals surface area contributed by atoms with Gasteiger partial charge >= 0.3 is 0 Å². The summed E-state index contributed by atoms with van der Waals surface area (Å²) in [4.78, 5) is 6.89. The third kappa shape index (κ3) is 2.87. The van der Waals surface area contributed by atoms with Gasteiger partial charge in [-0.25, -0.2) is 0 Å². The highest BCUT2D eigenvalue weighted by atomic mass is 16.3. The Kier molecular flexibility index (Phi) is 4.36. The molecule has 2 aromatic rings. The molecule has 112 valence electrons. The zero-order valence-electron chi connectivity index (χ0n) is 12.2. The molecule has 3 rings (SSSR count). The van der Waals surface area contributed by atoms with Crippen LogP contribution in [0.5, 0.6) is 0 Å². The van der Waals surface area contributed by atoms with Crippen molar-refractivity contribution in [2.24, 2.45) is 0 Å². The molecular weight excluding hydrogens is 264 g/mol. The predicted octanol–water partition coefficient (Wildman–Crippen LogP) is 2.47. The van der Waals surface area contributed by atoms with Crippen LogP contribution >= 0.6 is 0 Å². The highest BCUT2D eigenvalue weighted by molar-refractivity contribution is 5.92. The van der Waals surface area contributed by atoms with Gasteiger partial charge in [-0.3, -0.25) is 4.98 Å². The van der Waals surface area contributed by atoms with Gasteiger partial charge in [-0.15, -0.1) is 0 Å². The molecule has 0 bridgehead atoms. The molecule has 0 saturated heterocycles. The second-order valence-electron chi connectivity index (χ2n) is 5.66. The van der Waals surface area contributed by atoms with Crippen LogP contribution in [0.25, 0.3) is 10.9 Å². The monoisotopic (exact) mass is 286 g/mol. The summed E-state index contributed by atoms with van der Waals surface area (Å²) in [6.07, 6.45) is 4.45. The smallest absolute Gasteiger partial charge is 0.0854 e. The van der Waals surface area contributed by atoms with E-state index in [9.17, 15) is 5.11 Å². The Labute approximate surface area is 125 Å². The summed E-state index contributed by atoms with van der Waals surface area (Å²) >= 11 is 0. The van der Waals surface area contributed by atoms with E-state index < -0.39 is 0 Å². The maximum atomic E-state index is 9.47. The number of aromatic nitrogens is 1. The zero-order valence-corrected chi connectivity index (χ0v) is 12.2. The van der Waals surface area contributed by atoms with Crippen LogP contribution in [-0.4, -0.2) is 34.4 Å². The Morgan fingerprint density at radius 2 is 2.00 bits per heavy atom. The lowest BCUT2D eigenvalue weighted by atomic mass is 9.90. The normalized spacial score (nSPS) is 15.1. The largest absolute Gasteiger partial charge is 0.396 e. The first-order valence-electron chi connectivity index (χ1n) is 7.70. The molecule has 1 fully saturated rings. The van der Waals surface area contributed by atoms with Crippen molar-refractivity contribution in [3.63, 3.8) is 0 Å². The summed E-state index contributed by atoms with van der Waals surface area (Å²) in [6.45, 7) is 1.01. The SMILES string of the molecule is OCCCN(c1cc(CO)nc2ccccc12)C1CCC1. The fourth-order valence-electron chi connectivity index (χ4n) is 2.97. The first kappa shape index (κ1) is 14.3. The molecule has 1 aliphatic carbocycles. The first-order chi connectivity index (χ1) is 10.3. The molecule has 1 aromatic carbocycles. The first-order valence-corrected chi connectivity index (χ1v) is 7.70. The molecule has 1 saturated carbocycles. The minimum absolute atomic E-state index is 0.0453. The number of para-hydroxylation sites is 1. The summed E-state index contributed by atoms with van der Waals surface area (Å²) < 4.78 is 0. The van der Waals surface area contributed by atoms with E-state index in [0.717, 1.165) is 29.6 Å². The number of nitrogens with zero attached hydrogens (tertiary/aromatic N) is 2. The van der Waals surface area contributed by atoms with E-state index in [0.29, 0.717) is 11.7 Å². The van der Waals surface area contributed by atoms with Crippen molar-refractivity contribution < 1.29 is 10.2 Å². The van der Waals surface area contributed by atoms with Crippen LogP contribution in [0.1, 0.15) is 31.4 Å². The number of benzene rings is 1. The Morgan fingerprint density at radius 1 is 1.19 bits per heavy atom. The van der Waals surface area contributed by atoms with Crippen LogP contribution < -0.4 is 4.90 Å². The second kappa shape index (κ2) is 6.41. The standard InChI is InChI=1S/C17H22N2O2/c20-10-4-9-19(14-5-3-6-14)17-11-13(12-21)18-16-8-2-1-7-15(16)17/h1-2,7-8,11,14,20-21H,3-6,9-10,12H2. The van der Waals surface area contributed by atoms with Crippen molar-refractivity contribution >= 4 is 16.6 Å². The van der Waals surface area contributed by atoms with Crippen LogP contribution in [0.3, 0.4) is 0 Å². The molecule has 0 atom stereocenters. The molecule has 0 spiro atoms. The molecule has 0 radical (unpaired) electrons. The molecule has 0 amide bonds. The Hall–Kier alpha value is -1.65. The summed E-state index contributed by atoms with van der Waals surface area (Å²) in [5, 5.41) is 19.8. The van der Waals surface area contributed by atoms with E-state index in [1.807, 2.05) is 24.3 Å². The van der Waals surface area contributed by atoms with E-state index >= 15 is 0 Å². The Morgan fingerprint density at radius 3 is 2.67 bits per heavy atom. The lowest BCUT2D eigenvalue weighted by Crippen LogP contribution is -2.41. The van der Waals surface area contributed by atoms with Crippen LogP contribution in [0.15, 0.2) is 30.3 Å². The number of aliphatic hydroxyl groups excluding tert-OH is 2. The van der Waals surface area contributed by atoms with Crippen molar-refractivity contribution in [1.29, 1.82) is 0 Å². The molecule has 4 nitrogen and oxygen atoms in total. The minimum Gasteiger partial charge on any atom is -0.396 e. The highest BCUT2D eigenvalue weighted by Crippen LogP contribution is 2.34. The zero-order chi connectivity index (χ0) is 14.7. The van der Waals surface area contributed by atoms with Gasteiger partial charge in [0, 0.05) is 30.3 Å². The number of rotatable bonds is 6. The number of pyridine rings is 1. The molecule has 1 heterocycles. The molecular formula is C17H22N2O2. The van der Waals surface area contributed by atoms with Gasteiger partial charge in [-0.2, -0.15) is 0 Å². The summed E-state index contributed by atoms with van der Waals surface area (Å²) in [7, 11) is 0. The molecule has 0 unspecified atom stereocenters. The maximum Gasteiger partial charge on any atom is 0.0854 e. The van der Waals surface area contributed by atoms with Crippen molar-refractivity contribution in [2.45, 2.75) is 38.3 Å². The highest BCUT2D eigenvalue weighted by Gasteiger charge is 2.26. The van der Waals surface area contributed by atoms with E-state index in [-0.39, 0.29) is 13.2 Å². The van der Waals surface area contributed by atoms with Gasteiger partial charge in [0.15, 0.2) is 0 Å². The third-order valence-corrected chi connectivity index (χ3v) is 4.29. The molecule has 1 aromatic heterocycles. The molecule has 21 heavy (non-hydrogen) atoms. The van der Waals surface area contributed by atoms with Crippen LogP contribution in [0.2, 0.25) is 0 Å². The van der Waals surface area contributed by atoms with Crippen molar-refractivity contribution in [3.05, 3.63) is 36.0 Å². The predicted molar refractivity (Wildman–Crippen MR) is 84.4 cm³/mol. The van der Waals surface area contributed by atoms with Crippen LogP contribution in [-0.2, 0) is 6.61 Å². The Balaban J connectivity index is 2.05. The van der Waals surface area contributed by atoms with Gasteiger partial charge < -0.3 is 15.1 Å². The van der Waals surface area contributed by atoms with Crippen molar-refractivity contribution in [1.82, 2.24) is 4.98 Å². The fraction of sp³-hybridized carbons (Fsp3) is 0.471. The average Bonchev–Trinajstić information content (AvgIpc) is 2.48. The third-order valence-electron chi connectivity index (χ3n) is 4.29. The van der Waals surface area contributed by atoms with Crippen LogP contribution in [0, 0.1) is 0 Å². The molecule has 2 N–H and O–H groups in total. The van der Waals surface area contributed by atoms with E-state index in [1.165, 1.54) is 19.3 Å². The van der Waals surface area contributed by atoms with Crippen molar-refractivity contribution in [3.8, 4) is 0 Å². The van der Waals surface area contributed by atoms with E-state index in [1.54, 1.807) is 0 Å². The van der Waals surface area contributed by atoms with E-state index in [2.05, 4.69) is 16.0 Å². The van der Waals surface area contributed by atoms with Gasteiger partial charge in [-0.05, 0) is 37.8 Å². The van der Waals surface area contributed by atoms with Gasteiger partial charge in [0.05, 0.1) is 17.8 Å². The lowest BCUT2D eigenvalue weighted by molar-refractivity contribution is 0.276.